The highest BCUT2D eigenvalue weighted by Crippen LogP contribution is 2.32. The molecule has 3 rings (SSSR count). The molecule has 1 saturated heterocycles. The molecule has 2 heterocycles. The summed E-state index contributed by atoms with van der Waals surface area (Å²) in [5, 5.41) is 6.34. The van der Waals surface area contributed by atoms with Crippen molar-refractivity contribution < 1.29 is 27.5 Å². The molecule has 38 heavy (non-hydrogen) atoms. The molecule has 0 unspecified atom stereocenters. The van der Waals surface area contributed by atoms with Gasteiger partial charge in [0, 0.05) is 29.6 Å². The third kappa shape index (κ3) is 8.02. The Hall–Kier alpha value is -2.47. The molecule has 210 valence electrons. The summed E-state index contributed by atoms with van der Waals surface area (Å²) >= 11 is 0.996. The van der Waals surface area contributed by atoms with Crippen LogP contribution in [0.1, 0.15) is 78.0 Å². The Bertz CT molecular complexity index is 1170. The van der Waals surface area contributed by atoms with Gasteiger partial charge in [-0.1, -0.05) is 32.3 Å². The van der Waals surface area contributed by atoms with Gasteiger partial charge in [-0.3, -0.25) is 4.79 Å². The molecule has 1 aliphatic heterocycles. The van der Waals surface area contributed by atoms with Crippen molar-refractivity contribution in [3.05, 3.63) is 46.3 Å². The van der Waals surface area contributed by atoms with Crippen molar-refractivity contribution in [3.63, 3.8) is 0 Å². The Morgan fingerprint density at radius 3 is 2.55 bits per heavy atom. The highest BCUT2D eigenvalue weighted by atomic mass is 32.2. The van der Waals surface area contributed by atoms with Gasteiger partial charge in [-0.05, 0) is 57.0 Å². The molecule has 0 atom stereocenters. The largest absolute Gasteiger partial charge is 0.497 e. The number of carbonyl (C=O) groups is 2. The maximum Gasteiger partial charge on any atom is 0.340 e. The standard InChI is InChI=1S/C27H39N3O6S2/c1-4-6-7-8-14-28-21-12-15-30(16-13-21)38(33,34)27-24(26(32)36-5-2)18-23(37-27)19-29-25(31)20-10-9-11-22(17-20)35-3/h9-11,17-18,21,28H,4-8,12-16,19H2,1-3H3,(H,29,31). The van der Waals surface area contributed by atoms with Crippen LogP contribution < -0.4 is 15.4 Å². The van der Waals surface area contributed by atoms with Gasteiger partial charge in [0.1, 0.15) is 9.96 Å². The zero-order chi connectivity index (χ0) is 27.5. The molecule has 1 aliphatic rings. The lowest BCUT2D eigenvalue weighted by Gasteiger charge is -2.31. The Balaban J connectivity index is 1.68. The Kier molecular flexibility index (Phi) is 11.6. The van der Waals surface area contributed by atoms with E-state index in [9.17, 15) is 18.0 Å². The zero-order valence-electron chi connectivity index (χ0n) is 22.5. The first-order valence-corrected chi connectivity index (χ1v) is 15.5. The lowest BCUT2D eigenvalue weighted by molar-refractivity contribution is 0.0522. The van der Waals surface area contributed by atoms with Crippen LogP contribution in [0.25, 0.3) is 0 Å². The third-order valence-corrected chi connectivity index (χ3v) is 10.0. The van der Waals surface area contributed by atoms with Crippen molar-refractivity contribution in [2.24, 2.45) is 0 Å². The molecule has 0 saturated carbocycles. The van der Waals surface area contributed by atoms with Gasteiger partial charge in [-0.25, -0.2) is 13.2 Å². The van der Waals surface area contributed by atoms with E-state index in [1.54, 1.807) is 31.2 Å². The maximum atomic E-state index is 13.6. The van der Waals surface area contributed by atoms with Crippen LogP contribution in [-0.2, 0) is 21.3 Å². The number of nitrogens with one attached hydrogen (secondary N) is 2. The highest BCUT2D eigenvalue weighted by molar-refractivity contribution is 7.91. The molecule has 1 aromatic heterocycles. The molecule has 0 bridgehead atoms. The second-order valence-corrected chi connectivity index (χ2v) is 12.5. The SMILES string of the molecule is CCCCCCNC1CCN(S(=O)(=O)c2sc(CNC(=O)c3cccc(OC)c3)cc2C(=O)OCC)CC1. The van der Waals surface area contributed by atoms with Gasteiger partial charge < -0.3 is 20.1 Å². The second-order valence-electron chi connectivity index (χ2n) is 9.24. The van der Waals surface area contributed by atoms with Crippen molar-refractivity contribution in [2.75, 3.05) is 33.4 Å². The summed E-state index contributed by atoms with van der Waals surface area (Å²) in [6, 6.07) is 8.53. The number of hydrogen-bond donors (Lipinski definition) is 2. The minimum atomic E-state index is -3.90. The lowest BCUT2D eigenvalue weighted by atomic mass is 10.1. The van der Waals surface area contributed by atoms with Gasteiger partial charge in [0.2, 0.25) is 0 Å². The first-order valence-electron chi connectivity index (χ1n) is 13.3. The number of hydrogen-bond acceptors (Lipinski definition) is 8. The van der Waals surface area contributed by atoms with Gasteiger partial charge in [0.15, 0.2) is 0 Å². The predicted molar refractivity (Wildman–Crippen MR) is 148 cm³/mol. The zero-order valence-corrected chi connectivity index (χ0v) is 24.1. The number of benzene rings is 1. The van der Waals surface area contributed by atoms with Crippen LogP contribution in [-0.4, -0.2) is 64.0 Å². The fourth-order valence-corrected chi connectivity index (χ4v) is 7.58. The van der Waals surface area contributed by atoms with Gasteiger partial charge in [0.25, 0.3) is 15.9 Å². The Labute approximate surface area is 229 Å². The summed E-state index contributed by atoms with van der Waals surface area (Å²) in [5.41, 5.74) is 0.430. The minimum Gasteiger partial charge on any atom is -0.497 e. The molecule has 11 heteroatoms. The van der Waals surface area contributed by atoms with Gasteiger partial charge >= 0.3 is 5.97 Å². The minimum absolute atomic E-state index is 0.0126. The van der Waals surface area contributed by atoms with Crippen LogP contribution >= 0.6 is 11.3 Å². The smallest absolute Gasteiger partial charge is 0.340 e. The molecular formula is C27H39N3O6S2. The summed E-state index contributed by atoms with van der Waals surface area (Å²) in [6.07, 6.45) is 6.19. The number of thiophene rings is 1. The Morgan fingerprint density at radius 1 is 1.11 bits per heavy atom. The summed E-state index contributed by atoms with van der Waals surface area (Å²) in [4.78, 5) is 25.9. The van der Waals surface area contributed by atoms with Crippen LogP contribution in [0.5, 0.6) is 5.75 Å². The van der Waals surface area contributed by atoms with Crippen LogP contribution in [0.3, 0.4) is 0 Å². The molecule has 1 aromatic carbocycles. The predicted octanol–water partition coefficient (Wildman–Crippen LogP) is 4.19. The summed E-state index contributed by atoms with van der Waals surface area (Å²) < 4.78 is 38.9. The molecule has 0 radical (unpaired) electrons. The van der Waals surface area contributed by atoms with E-state index < -0.39 is 16.0 Å². The van der Waals surface area contributed by atoms with Crippen LogP contribution in [0.2, 0.25) is 0 Å². The topological polar surface area (TPSA) is 114 Å². The number of sulfonamides is 1. The van der Waals surface area contributed by atoms with E-state index >= 15 is 0 Å². The van der Waals surface area contributed by atoms with E-state index in [1.807, 2.05) is 0 Å². The van der Waals surface area contributed by atoms with E-state index in [0.29, 0.717) is 35.3 Å². The van der Waals surface area contributed by atoms with E-state index in [-0.39, 0.29) is 28.8 Å². The summed E-state index contributed by atoms with van der Waals surface area (Å²) in [6.45, 7) is 5.78. The molecule has 0 spiro atoms. The quantitative estimate of drug-likeness (QED) is 0.261. The van der Waals surface area contributed by atoms with E-state index in [2.05, 4.69) is 17.6 Å². The fraction of sp³-hybridized carbons (Fsp3) is 0.556. The van der Waals surface area contributed by atoms with Gasteiger partial charge in [-0.15, -0.1) is 11.3 Å². The number of amides is 1. The van der Waals surface area contributed by atoms with Gasteiger partial charge in [0.05, 0.1) is 25.8 Å². The molecule has 1 amide bonds. The van der Waals surface area contributed by atoms with Crippen LogP contribution in [0.4, 0.5) is 0 Å². The lowest BCUT2D eigenvalue weighted by Crippen LogP contribution is -2.45. The van der Waals surface area contributed by atoms with Crippen LogP contribution in [0, 0.1) is 0 Å². The average molecular weight is 566 g/mol. The third-order valence-electron chi connectivity index (χ3n) is 6.49. The first-order chi connectivity index (χ1) is 18.3. The number of carbonyl (C=O) groups excluding carboxylic acids is 2. The molecule has 1 fully saturated rings. The second kappa shape index (κ2) is 14.6. The van der Waals surface area contributed by atoms with Crippen molar-refractivity contribution in [2.45, 2.75) is 69.2 Å². The molecule has 2 N–H and O–H groups in total. The molecule has 2 aromatic rings. The number of ether oxygens (including phenoxy) is 2. The number of piperidine rings is 1. The molecule has 0 aliphatic carbocycles. The normalized spacial score (nSPS) is 14.8. The Morgan fingerprint density at radius 2 is 1.87 bits per heavy atom. The number of rotatable bonds is 14. The van der Waals surface area contributed by atoms with Crippen molar-refractivity contribution in [3.8, 4) is 5.75 Å². The van der Waals surface area contributed by atoms with Crippen LogP contribution in [0.15, 0.2) is 34.5 Å². The number of nitrogens with zero attached hydrogens (tertiary/aromatic N) is 1. The maximum absolute atomic E-state index is 13.6. The molecular weight excluding hydrogens is 526 g/mol. The summed E-state index contributed by atoms with van der Waals surface area (Å²) in [7, 11) is -2.37. The van der Waals surface area contributed by atoms with E-state index in [0.717, 1.165) is 37.1 Å². The highest BCUT2D eigenvalue weighted by Gasteiger charge is 2.34. The summed E-state index contributed by atoms with van der Waals surface area (Å²) in [5.74, 6) is -0.456. The van der Waals surface area contributed by atoms with Gasteiger partial charge in [-0.2, -0.15) is 4.31 Å². The number of methoxy groups -OCH3 is 1. The van der Waals surface area contributed by atoms with E-state index in [1.165, 1.54) is 36.7 Å². The fourth-order valence-electron chi connectivity index (χ4n) is 4.36. The molecule has 9 nitrogen and oxygen atoms in total. The van der Waals surface area contributed by atoms with E-state index in [4.69, 9.17) is 9.47 Å². The monoisotopic (exact) mass is 565 g/mol. The van der Waals surface area contributed by atoms with Crippen molar-refractivity contribution in [1.29, 1.82) is 0 Å². The average Bonchev–Trinajstić information content (AvgIpc) is 3.37. The van der Waals surface area contributed by atoms with Crippen molar-refractivity contribution >= 4 is 33.2 Å². The number of unbranched alkanes of at least 4 members (excludes halogenated alkanes) is 3. The number of esters is 1. The van der Waals surface area contributed by atoms with Crippen molar-refractivity contribution in [1.82, 2.24) is 14.9 Å². The first kappa shape index (κ1) is 30.1.